The number of benzene rings is 1. The lowest BCUT2D eigenvalue weighted by molar-refractivity contribution is 0.160. The summed E-state index contributed by atoms with van der Waals surface area (Å²) in [6.07, 6.45) is 5.22. The van der Waals surface area contributed by atoms with Gasteiger partial charge in [0, 0.05) is 30.7 Å². The summed E-state index contributed by atoms with van der Waals surface area (Å²) >= 11 is 5.92. The van der Waals surface area contributed by atoms with Crippen molar-refractivity contribution in [2.45, 2.75) is 44.3 Å². The molecule has 148 valence electrons. The third-order valence-electron chi connectivity index (χ3n) is 5.19. The Morgan fingerprint density at radius 2 is 2.00 bits per heavy atom. The molecule has 2 aromatic rings. The van der Waals surface area contributed by atoms with Crippen LogP contribution in [-0.4, -0.2) is 51.1 Å². The van der Waals surface area contributed by atoms with Crippen molar-refractivity contribution in [2.24, 2.45) is 0 Å². The summed E-state index contributed by atoms with van der Waals surface area (Å²) in [5.41, 5.74) is 0.601. The Balaban J connectivity index is 1.42. The molecule has 2 aliphatic rings. The first-order valence-electron chi connectivity index (χ1n) is 9.57. The highest BCUT2D eigenvalue weighted by Crippen LogP contribution is 2.32. The van der Waals surface area contributed by atoms with Crippen molar-refractivity contribution >= 4 is 23.6 Å². The van der Waals surface area contributed by atoms with Crippen molar-refractivity contribution in [1.29, 1.82) is 0 Å². The summed E-state index contributed by atoms with van der Waals surface area (Å²) in [5.74, 6) is 0.516. The highest BCUT2D eigenvalue weighted by molar-refractivity contribution is 6.30. The zero-order valence-electron chi connectivity index (χ0n) is 15.5. The van der Waals surface area contributed by atoms with Crippen molar-refractivity contribution in [3.63, 3.8) is 0 Å². The number of aromatic nitrogens is 3. The van der Waals surface area contributed by atoms with E-state index in [-0.39, 0.29) is 12.1 Å². The molecule has 1 aliphatic carbocycles. The smallest absolute Gasteiger partial charge is 0.340 e. The second kappa shape index (κ2) is 8.18. The lowest BCUT2D eigenvalue weighted by Crippen LogP contribution is -2.54. The second-order valence-corrected chi connectivity index (χ2v) is 7.73. The molecule has 1 saturated carbocycles. The Morgan fingerprint density at radius 3 is 2.71 bits per heavy atom. The number of hydrogen-bond donors (Lipinski definition) is 2. The Morgan fingerprint density at radius 1 is 1.21 bits per heavy atom. The van der Waals surface area contributed by atoms with E-state index in [0.29, 0.717) is 30.1 Å². The lowest BCUT2D eigenvalue weighted by Gasteiger charge is -2.39. The maximum absolute atomic E-state index is 12.9. The van der Waals surface area contributed by atoms with Gasteiger partial charge in [-0.25, -0.2) is 14.6 Å². The van der Waals surface area contributed by atoms with Gasteiger partial charge in [-0.2, -0.15) is 4.98 Å². The monoisotopic (exact) mass is 402 g/mol. The van der Waals surface area contributed by atoms with Crippen LogP contribution in [0, 0.1) is 0 Å². The fourth-order valence-corrected chi connectivity index (χ4v) is 3.81. The van der Waals surface area contributed by atoms with Gasteiger partial charge in [-0.15, -0.1) is 0 Å². The molecule has 0 radical (unpaired) electrons. The quantitative estimate of drug-likeness (QED) is 0.799. The zero-order chi connectivity index (χ0) is 19.5. The average Bonchev–Trinajstić information content (AvgIpc) is 3.53. The van der Waals surface area contributed by atoms with Crippen LogP contribution in [0.5, 0.6) is 0 Å². The molecule has 28 heavy (non-hydrogen) atoms. The van der Waals surface area contributed by atoms with Crippen LogP contribution in [0.2, 0.25) is 5.02 Å². The topological polar surface area (TPSA) is 94.2 Å². The number of anilines is 1. The van der Waals surface area contributed by atoms with Gasteiger partial charge in [-0.3, -0.25) is 4.98 Å². The number of H-pyrrole nitrogens is 1. The number of carbonyl (C=O) groups excluding carboxylic acids is 1. The number of amides is 2. The molecule has 0 bridgehead atoms. The fourth-order valence-electron chi connectivity index (χ4n) is 3.68. The highest BCUT2D eigenvalue weighted by Gasteiger charge is 2.39. The standard InChI is InChI=1S/C19H23ClN6O2/c20-14-5-3-13(4-6-14)10-21-19(28)26(15-7-8-15)16-2-1-9-25(11-16)17-22-12-23-18(27)24-17/h3-6,12,15-16H,1-2,7-11H2,(H,21,28)(H,22,23,24,27). The number of aromatic amines is 1. The van der Waals surface area contributed by atoms with Gasteiger partial charge in [-0.1, -0.05) is 23.7 Å². The predicted octanol–water partition coefficient (Wildman–Crippen LogP) is 2.16. The van der Waals surface area contributed by atoms with Crippen LogP contribution < -0.4 is 15.9 Å². The van der Waals surface area contributed by atoms with Crippen molar-refractivity contribution in [2.75, 3.05) is 18.0 Å². The first kappa shape index (κ1) is 18.7. The third-order valence-corrected chi connectivity index (χ3v) is 5.45. The van der Waals surface area contributed by atoms with E-state index >= 15 is 0 Å². The van der Waals surface area contributed by atoms with Gasteiger partial charge in [0.25, 0.3) is 0 Å². The van der Waals surface area contributed by atoms with Crippen LogP contribution in [-0.2, 0) is 6.54 Å². The molecule has 9 heteroatoms. The largest absolute Gasteiger partial charge is 0.349 e. The van der Waals surface area contributed by atoms with Gasteiger partial charge in [0.1, 0.15) is 6.33 Å². The van der Waals surface area contributed by atoms with Gasteiger partial charge in [-0.05, 0) is 43.4 Å². The zero-order valence-corrected chi connectivity index (χ0v) is 16.2. The Hall–Kier alpha value is -2.61. The normalized spacial score (nSPS) is 19.3. The number of nitrogens with zero attached hydrogens (tertiary/aromatic N) is 4. The third kappa shape index (κ3) is 4.44. The van der Waals surface area contributed by atoms with Crippen molar-refractivity contribution in [1.82, 2.24) is 25.2 Å². The summed E-state index contributed by atoms with van der Waals surface area (Å²) in [7, 11) is 0. The van der Waals surface area contributed by atoms with E-state index in [1.54, 1.807) is 0 Å². The maximum Gasteiger partial charge on any atom is 0.349 e. The molecule has 2 heterocycles. The van der Waals surface area contributed by atoms with Gasteiger partial charge < -0.3 is 15.1 Å². The minimum atomic E-state index is -0.410. The van der Waals surface area contributed by atoms with Gasteiger partial charge in [0.05, 0.1) is 6.04 Å². The van der Waals surface area contributed by atoms with Gasteiger partial charge in [0.15, 0.2) is 0 Å². The minimum Gasteiger partial charge on any atom is -0.340 e. The van der Waals surface area contributed by atoms with Crippen molar-refractivity contribution in [3.8, 4) is 0 Å². The maximum atomic E-state index is 12.9. The van der Waals surface area contributed by atoms with E-state index in [1.807, 2.05) is 34.1 Å². The molecule has 1 aromatic carbocycles. The second-order valence-electron chi connectivity index (χ2n) is 7.29. The SMILES string of the molecule is O=C(NCc1ccc(Cl)cc1)N(C1CC1)C1CCCN(c2ncnc(=O)[nH]2)C1. The average molecular weight is 403 g/mol. The first-order valence-corrected chi connectivity index (χ1v) is 9.95. The van der Waals surface area contributed by atoms with Crippen LogP contribution in [0.1, 0.15) is 31.2 Å². The number of rotatable bonds is 5. The van der Waals surface area contributed by atoms with Crippen LogP contribution in [0.25, 0.3) is 0 Å². The first-order chi connectivity index (χ1) is 13.6. The van der Waals surface area contributed by atoms with E-state index < -0.39 is 5.69 Å². The van der Waals surface area contributed by atoms with Crippen LogP contribution >= 0.6 is 11.6 Å². The summed E-state index contributed by atoms with van der Waals surface area (Å²) in [5, 5.41) is 3.72. The predicted molar refractivity (Wildman–Crippen MR) is 106 cm³/mol. The van der Waals surface area contributed by atoms with Crippen molar-refractivity contribution < 1.29 is 4.79 Å². The number of nitrogens with one attached hydrogen (secondary N) is 2. The molecule has 2 N–H and O–H groups in total. The Bertz CT molecular complexity index is 882. The number of urea groups is 1. The molecule has 2 amide bonds. The van der Waals surface area contributed by atoms with Gasteiger partial charge in [0.2, 0.25) is 5.95 Å². The molecule has 2 fully saturated rings. The number of carbonyl (C=O) groups is 1. The van der Waals surface area contributed by atoms with E-state index in [0.717, 1.165) is 37.8 Å². The Labute approximate surface area is 167 Å². The highest BCUT2D eigenvalue weighted by atomic mass is 35.5. The molecule has 1 aliphatic heterocycles. The minimum absolute atomic E-state index is 0.0412. The summed E-state index contributed by atoms with van der Waals surface area (Å²) in [6.45, 7) is 1.92. The van der Waals surface area contributed by atoms with E-state index in [1.165, 1.54) is 6.33 Å². The summed E-state index contributed by atoms with van der Waals surface area (Å²) in [6, 6.07) is 7.81. The molecule has 8 nitrogen and oxygen atoms in total. The Kier molecular flexibility index (Phi) is 5.47. The molecule has 4 rings (SSSR count). The molecule has 1 saturated heterocycles. The van der Waals surface area contributed by atoms with E-state index in [9.17, 15) is 9.59 Å². The van der Waals surface area contributed by atoms with E-state index in [4.69, 9.17) is 11.6 Å². The van der Waals surface area contributed by atoms with Crippen LogP contribution in [0.4, 0.5) is 10.7 Å². The molecular formula is C19H23ClN6O2. The molecule has 1 atom stereocenters. The number of piperidine rings is 1. The van der Waals surface area contributed by atoms with Crippen molar-refractivity contribution in [3.05, 3.63) is 51.7 Å². The van der Waals surface area contributed by atoms with Crippen LogP contribution in [0.3, 0.4) is 0 Å². The molecular weight excluding hydrogens is 380 g/mol. The lowest BCUT2D eigenvalue weighted by atomic mass is 10.0. The number of hydrogen-bond acceptors (Lipinski definition) is 5. The molecule has 1 unspecified atom stereocenters. The van der Waals surface area contributed by atoms with E-state index in [2.05, 4.69) is 20.3 Å². The summed E-state index contributed by atoms with van der Waals surface area (Å²) < 4.78 is 0. The van der Waals surface area contributed by atoms with Crippen LogP contribution in [0.15, 0.2) is 35.4 Å². The van der Waals surface area contributed by atoms with Gasteiger partial charge >= 0.3 is 11.7 Å². The number of halogens is 1. The molecule has 0 spiro atoms. The summed E-state index contributed by atoms with van der Waals surface area (Å²) in [4.78, 5) is 38.9. The fraction of sp³-hybridized carbons (Fsp3) is 0.474. The molecule has 1 aromatic heterocycles.